The molecular formula is C13H12N4O3. The van der Waals surface area contributed by atoms with Gasteiger partial charge in [-0.1, -0.05) is 0 Å². The first-order valence-electron chi connectivity index (χ1n) is 5.66. The van der Waals surface area contributed by atoms with Gasteiger partial charge >= 0.3 is 0 Å². The molecule has 0 atom stereocenters. The van der Waals surface area contributed by atoms with Crippen molar-refractivity contribution in [1.29, 1.82) is 5.26 Å². The van der Waals surface area contributed by atoms with Crippen molar-refractivity contribution < 1.29 is 14.3 Å². The number of hydrogen-bond donors (Lipinski definition) is 2. The molecule has 1 heterocycles. The highest BCUT2D eigenvalue weighted by atomic mass is 16.5. The Hall–Kier alpha value is -3.01. The van der Waals surface area contributed by atoms with Crippen LogP contribution in [-0.2, 0) is 0 Å². The van der Waals surface area contributed by atoms with Gasteiger partial charge in [-0.2, -0.15) is 10.4 Å². The van der Waals surface area contributed by atoms with E-state index >= 15 is 0 Å². The first-order valence-corrected chi connectivity index (χ1v) is 5.66. The summed E-state index contributed by atoms with van der Waals surface area (Å²) < 4.78 is 10.2. The van der Waals surface area contributed by atoms with E-state index < -0.39 is 5.91 Å². The average Bonchev–Trinajstić information content (AvgIpc) is 2.93. The molecule has 0 aliphatic rings. The number of ether oxygens (including phenoxy) is 2. The number of benzene rings is 1. The topological polar surface area (TPSA) is 100 Å². The summed E-state index contributed by atoms with van der Waals surface area (Å²) in [4.78, 5) is 12.2. The Labute approximate surface area is 115 Å². The molecule has 1 amide bonds. The van der Waals surface area contributed by atoms with Gasteiger partial charge in [0.25, 0.3) is 5.91 Å². The lowest BCUT2D eigenvalue weighted by Crippen LogP contribution is -2.14. The lowest BCUT2D eigenvalue weighted by molar-refractivity contribution is 0.102. The molecule has 102 valence electrons. The molecule has 0 spiro atoms. The van der Waals surface area contributed by atoms with Crippen LogP contribution in [-0.4, -0.2) is 30.3 Å². The minimum absolute atomic E-state index is 0.238. The monoisotopic (exact) mass is 272 g/mol. The second-order valence-electron chi connectivity index (χ2n) is 3.79. The van der Waals surface area contributed by atoms with Crippen LogP contribution in [0.5, 0.6) is 11.5 Å². The van der Waals surface area contributed by atoms with Crippen molar-refractivity contribution >= 4 is 11.7 Å². The van der Waals surface area contributed by atoms with Gasteiger partial charge in [0.15, 0.2) is 0 Å². The van der Waals surface area contributed by atoms with Gasteiger partial charge in [-0.05, 0) is 18.2 Å². The first-order chi connectivity index (χ1) is 9.69. The lowest BCUT2D eigenvalue weighted by atomic mass is 10.1. The minimum atomic E-state index is -0.429. The van der Waals surface area contributed by atoms with Crippen LogP contribution in [0.2, 0.25) is 0 Å². The zero-order valence-corrected chi connectivity index (χ0v) is 10.9. The molecule has 20 heavy (non-hydrogen) atoms. The van der Waals surface area contributed by atoms with E-state index in [0.717, 1.165) is 0 Å². The van der Waals surface area contributed by atoms with Gasteiger partial charge in [0.1, 0.15) is 28.9 Å². The molecule has 0 bridgehead atoms. The molecule has 7 heteroatoms. The van der Waals surface area contributed by atoms with Crippen molar-refractivity contribution in [1.82, 2.24) is 10.2 Å². The zero-order chi connectivity index (χ0) is 14.5. The van der Waals surface area contributed by atoms with Gasteiger partial charge < -0.3 is 14.8 Å². The summed E-state index contributed by atoms with van der Waals surface area (Å²) in [6.45, 7) is 0. The Bertz CT molecular complexity index is 672. The summed E-state index contributed by atoms with van der Waals surface area (Å²) in [6.07, 6.45) is 1.33. The SMILES string of the molecule is COc1ccc(OC)c(C(=O)Nc2[nH]ncc2C#N)c1. The van der Waals surface area contributed by atoms with Crippen LogP contribution in [0.1, 0.15) is 15.9 Å². The molecule has 0 unspecified atom stereocenters. The fourth-order valence-electron chi connectivity index (χ4n) is 1.64. The number of nitriles is 1. The number of amides is 1. The van der Waals surface area contributed by atoms with E-state index in [1.807, 2.05) is 6.07 Å². The molecule has 0 saturated carbocycles. The molecule has 2 N–H and O–H groups in total. The maximum absolute atomic E-state index is 12.2. The van der Waals surface area contributed by atoms with Gasteiger partial charge in [0.05, 0.1) is 26.0 Å². The van der Waals surface area contributed by atoms with E-state index in [-0.39, 0.29) is 11.4 Å². The fraction of sp³-hybridized carbons (Fsp3) is 0.154. The number of rotatable bonds is 4. The van der Waals surface area contributed by atoms with Crippen LogP contribution in [0, 0.1) is 11.3 Å². The van der Waals surface area contributed by atoms with E-state index in [9.17, 15) is 4.79 Å². The van der Waals surface area contributed by atoms with Crippen molar-refractivity contribution in [2.24, 2.45) is 0 Å². The quantitative estimate of drug-likeness (QED) is 0.879. The number of nitrogens with zero attached hydrogens (tertiary/aromatic N) is 2. The zero-order valence-electron chi connectivity index (χ0n) is 10.9. The van der Waals surface area contributed by atoms with Crippen LogP contribution < -0.4 is 14.8 Å². The van der Waals surface area contributed by atoms with E-state index in [4.69, 9.17) is 14.7 Å². The van der Waals surface area contributed by atoms with E-state index in [1.54, 1.807) is 18.2 Å². The highest BCUT2D eigenvalue weighted by molar-refractivity contribution is 6.06. The number of anilines is 1. The van der Waals surface area contributed by atoms with Crippen molar-refractivity contribution in [3.8, 4) is 17.6 Å². The van der Waals surface area contributed by atoms with Crippen LogP contribution in [0.3, 0.4) is 0 Å². The molecule has 1 aromatic carbocycles. The van der Waals surface area contributed by atoms with Crippen LogP contribution in [0.25, 0.3) is 0 Å². The van der Waals surface area contributed by atoms with Crippen molar-refractivity contribution in [3.63, 3.8) is 0 Å². The summed E-state index contributed by atoms with van der Waals surface area (Å²) in [5, 5.41) is 17.7. The van der Waals surface area contributed by atoms with Crippen molar-refractivity contribution in [2.75, 3.05) is 19.5 Å². The molecule has 2 rings (SSSR count). The summed E-state index contributed by atoms with van der Waals surface area (Å²) in [5.74, 6) is 0.742. The number of hydrogen-bond acceptors (Lipinski definition) is 5. The van der Waals surface area contributed by atoms with Crippen LogP contribution >= 0.6 is 0 Å². The molecule has 0 aliphatic carbocycles. The molecular weight excluding hydrogens is 260 g/mol. The summed E-state index contributed by atoms with van der Waals surface area (Å²) >= 11 is 0. The highest BCUT2D eigenvalue weighted by Gasteiger charge is 2.16. The minimum Gasteiger partial charge on any atom is -0.497 e. The first kappa shape index (κ1) is 13.4. The maximum Gasteiger partial charge on any atom is 0.260 e. The highest BCUT2D eigenvalue weighted by Crippen LogP contribution is 2.25. The molecule has 2 aromatic rings. The van der Waals surface area contributed by atoms with Gasteiger partial charge in [-0.15, -0.1) is 0 Å². The summed E-state index contributed by atoms with van der Waals surface area (Å²) in [5.41, 5.74) is 0.547. The normalized spacial score (nSPS) is 9.65. The number of methoxy groups -OCH3 is 2. The lowest BCUT2D eigenvalue weighted by Gasteiger charge is -2.10. The Morgan fingerprint density at radius 1 is 1.40 bits per heavy atom. The third-order valence-corrected chi connectivity index (χ3v) is 2.65. The fourth-order valence-corrected chi connectivity index (χ4v) is 1.64. The summed E-state index contributed by atoms with van der Waals surface area (Å²) in [7, 11) is 2.97. The second kappa shape index (κ2) is 5.75. The largest absolute Gasteiger partial charge is 0.497 e. The molecule has 0 radical (unpaired) electrons. The van der Waals surface area contributed by atoms with Gasteiger partial charge in [0.2, 0.25) is 0 Å². The molecule has 7 nitrogen and oxygen atoms in total. The number of aromatic nitrogens is 2. The third kappa shape index (κ3) is 2.54. The number of carbonyl (C=O) groups excluding carboxylic acids is 1. The van der Waals surface area contributed by atoms with Gasteiger partial charge in [-0.25, -0.2) is 0 Å². The molecule has 0 fully saturated rings. The predicted octanol–water partition coefficient (Wildman–Crippen LogP) is 1.55. The Morgan fingerprint density at radius 3 is 2.85 bits per heavy atom. The Balaban J connectivity index is 2.31. The molecule has 1 aromatic heterocycles. The van der Waals surface area contributed by atoms with Crippen molar-refractivity contribution in [3.05, 3.63) is 35.5 Å². The van der Waals surface area contributed by atoms with Gasteiger partial charge in [-0.3, -0.25) is 9.89 Å². The van der Waals surface area contributed by atoms with E-state index in [1.165, 1.54) is 20.4 Å². The van der Waals surface area contributed by atoms with E-state index in [2.05, 4.69) is 15.5 Å². The average molecular weight is 272 g/mol. The number of aromatic amines is 1. The summed E-state index contributed by atoms with van der Waals surface area (Å²) in [6, 6.07) is 6.79. The maximum atomic E-state index is 12.2. The Kier molecular flexibility index (Phi) is 3.86. The van der Waals surface area contributed by atoms with E-state index in [0.29, 0.717) is 17.1 Å². The molecule has 0 aliphatic heterocycles. The smallest absolute Gasteiger partial charge is 0.260 e. The van der Waals surface area contributed by atoms with Crippen LogP contribution in [0.15, 0.2) is 24.4 Å². The predicted molar refractivity (Wildman–Crippen MR) is 70.8 cm³/mol. The Morgan fingerprint density at radius 2 is 2.20 bits per heavy atom. The number of nitrogens with one attached hydrogen (secondary N) is 2. The van der Waals surface area contributed by atoms with Crippen LogP contribution in [0.4, 0.5) is 5.82 Å². The number of carbonyl (C=O) groups is 1. The second-order valence-corrected chi connectivity index (χ2v) is 3.79. The number of H-pyrrole nitrogens is 1. The van der Waals surface area contributed by atoms with Gasteiger partial charge in [0, 0.05) is 0 Å². The molecule has 0 saturated heterocycles. The van der Waals surface area contributed by atoms with Crippen molar-refractivity contribution in [2.45, 2.75) is 0 Å². The standard InChI is InChI=1S/C13H12N4O3/c1-19-9-3-4-11(20-2)10(5-9)13(18)16-12-8(6-14)7-15-17-12/h3-5,7H,1-2H3,(H2,15,16,17,18). The third-order valence-electron chi connectivity index (χ3n) is 2.65.